The predicted molar refractivity (Wildman–Crippen MR) is 88.9 cm³/mol. The first kappa shape index (κ1) is 16.6. The fourth-order valence-corrected chi connectivity index (χ4v) is 3.23. The lowest BCUT2D eigenvalue weighted by Gasteiger charge is -2.17. The third-order valence-corrected chi connectivity index (χ3v) is 4.60. The Morgan fingerprint density at radius 1 is 1.25 bits per heavy atom. The molecule has 1 aromatic rings. The lowest BCUT2D eigenvalue weighted by atomic mass is 10.1. The van der Waals surface area contributed by atoms with Gasteiger partial charge < -0.3 is 20.1 Å². The highest BCUT2D eigenvalue weighted by atomic mass is 16.5. The molecule has 1 aliphatic heterocycles. The smallest absolute Gasteiger partial charge is 0.242 e. The zero-order chi connectivity index (χ0) is 16.9. The number of methoxy groups -OCH3 is 1. The largest absolute Gasteiger partial charge is 0.493 e. The van der Waals surface area contributed by atoms with E-state index >= 15 is 0 Å². The maximum absolute atomic E-state index is 12.1. The molecule has 1 aromatic carbocycles. The number of amides is 2. The van der Waals surface area contributed by atoms with E-state index in [-0.39, 0.29) is 17.9 Å². The number of benzene rings is 1. The molecule has 2 amide bonds. The lowest BCUT2D eigenvalue weighted by Crippen LogP contribution is -2.41. The molecule has 130 valence electrons. The second-order valence-electron chi connectivity index (χ2n) is 6.39. The summed E-state index contributed by atoms with van der Waals surface area (Å²) < 4.78 is 11.4. The Hall–Kier alpha value is -2.24. The van der Waals surface area contributed by atoms with Crippen LogP contribution in [-0.2, 0) is 16.1 Å². The van der Waals surface area contributed by atoms with Gasteiger partial charge in [0.25, 0.3) is 0 Å². The number of ether oxygens (including phenoxy) is 2. The van der Waals surface area contributed by atoms with Crippen molar-refractivity contribution in [3.8, 4) is 11.5 Å². The molecule has 0 spiro atoms. The minimum absolute atomic E-state index is 0.0631. The average Bonchev–Trinajstić information content (AvgIpc) is 3.24. The van der Waals surface area contributed by atoms with Crippen LogP contribution in [0.2, 0.25) is 0 Å². The summed E-state index contributed by atoms with van der Waals surface area (Å²) >= 11 is 0. The third-order valence-electron chi connectivity index (χ3n) is 4.60. The van der Waals surface area contributed by atoms with Gasteiger partial charge in [-0.25, -0.2) is 0 Å². The summed E-state index contributed by atoms with van der Waals surface area (Å²) in [4.78, 5) is 23.3. The molecule has 6 nitrogen and oxygen atoms in total. The Labute approximate surface area is 141 Å². The van der Waals surface area contributed by atoms with E-state index in [9.17, 15) is 9.59 Å². The standard InChI is InChI=1S/C18H24N2O4/c1-23-15-8-6-12(10-16(15)24-13-4-2-3-5-13)11-19-18(22)14-7-9-17(21)20-14/h6,8,10,13-14H,2-5,7,9,11H2,1H3,(H,19,22)(H,20,21)/t14-/m0/s1. The fraction of sp³-hybridized carbons (Fsp3) is 0.556. The molecule has 0 unspecified atom stereocenters. The second-order valence-corrected chi connectivity index (χ2v) is 6.39. The quantitative estimate of drug-likeness (QED) is 0.834. The van der Waals surface area contributed by atoms with Crippen LogP contribution in [0, 0.1) is 0 Å². The predicted octanol–water partition coefficient (Wildman–Crippen LogP) is 1.91. The summed E-state index contributed by atoms with van der Waals surface area (Å²) in [5.41, 5.74) is 0.946. The number of nitrogens with one attached hydrogen (secondary N) is 2. The van der Waals surface area contributed by atoms with Gasteiger partial charge in [0.1, 0.15) is 6.04 Å². The summed E-state index contributed by atoms with van der Waals surface area (Å²) in [6.45, 7) is 0.399. The van der Waals surface area contributed by atoms with Crippen molar-refractivity contribution in [3.63, 3.8) is 0 Å². The van der Waals surface area contributed by atoms with Crippen LogP contribution in [0.5, 0.6) is 11.5 Å². The number of carbonyl (C=O) groups excluding carboxylic acids is 2. The van der Waals surface area contributed by atoms with Gasteiger partial charge in [-0.05, 0) is 49.8 Å². The first-order valence-electron chi connectivity index (χ1n) is 8.56. The van der Waals surface area contributed by atoms with Crippen LogP contribution >= 0.6 is 0 Å². The summed E-state index contributed by atoms with van der Waals surface area (Å²) in [5.74, 6) is 1.23. The van der Waals surface area contributed by atoms with E-state index in [1.54, 1.807) is 7.11 Å². The molecule has 3 rings (SSSR count). The van der Waals surface area contributed by atoms with Gasteiger partial charge in [0.05, 0.1) is 13.2 Å². The molecule has 2 N–H and O–H groups in total. The van der Waals surface area contributed by atoms with Crippen LogP contribution in [0.3, 0.4) is 0 Å². The number of hydrogen-bond donors (Lipinski definition) is 2. The summed E-state index contributed by atoms with van der Waals surface area (Å²) in [7, 11) is 1.63. The molecule has 1 heterocycles. The summed E-state index contributed by atoms with van der Waals surface area (Å²) in [5, 5.41) is 5.54. The fourth-order valence-electron chi connectivity index (χ4n) is 3.23. The van der Waals surface area contributed by atoms with Crippen molar-refractivity contribution in [3.05, 3.63) is 23.8 Å². The molecule has 0 bridgehead atoms. The molecule has 1 saturated heterocycles. The van der Waals surface area contributed by atoms with Crippen molar-refractivity contribution in [1.82, 2.24) is 10.6 Å². The highest BCUT2D eigenvalue weighted by molar-refractivity contribution is 5.90. The van der Waals surface area contributed by atoms with E-state index in [0.717, 1.165) is 24.2 Å². The molecule has 6 heteroatoms. The molecule has 1 saturated carbocycles. The van der Waals surface area contributed by atoms with Crippen LogP contribution in [-0.4, -0.2) is 31.1 Å². The van der Waals surface area contributed by atoms with Gasteiger partial charge in [0, 0.05) is 13.0 Å². The average molecular weight is 332 g/mol. The maximum Gasteiger partial charge on any atom is 0.242 e. The van der Waals surface area contributed by atoms with E-state index in [1.165, 1.54) is 12.8 Å². The molecule has 1 aliphatic carbocycles. The maximum atomic E-state index is 12.1. The molecule has 0 aromatic heterocycles. The highest BCUT2D eigenvalue weighted by Crippen LogP contribution is 2.32. The van der Waals surface area contributed by atoms with Gasteiger partial charge in [-0.1, -0.05) is 6.07 Å². The van der Waals surface area contributed by atoms with E-state index in [4.69, 9.17) is 9.47 Å². The SMILES string of the molecule is COc1ccc(CNC(=O)[C@@H]2CCC(=O)N2)cc1OC1CCCC1. The van der Waals surface area contributed by atoms with E-state index in [1.807, 2.05) is 18.2 Å². The number of carbonyl (C=O) groups is 2. The van der Waals surface area contributed by atoms with E-state index in [2.05, 4.69) is 10.6 Å². The van der Waals surface area contributed by atoms with Crippen LogP contribution in [0.1, 0.15) is 44.1 Å². The van der Waals surface area contributed by atoms with Gasteiger partial charge in [0.15, 0.2) is 11.5 Å². The van der Waals surface area contributed by atoms with Crippen LogP contribution in [0.25, 0.3) is 0 Å². The monoisotopic (exact) mass is 332 g/mol. The molecular weight excluding hydrogens is 308 g/mol. The van der Waals surface area contributed by atoms with Crippen molar-refractivity contribution in [2.45, 2.75) is 57.2 Å². The van der Waals surface area contributed by atoms with Crippen molar-refractivity contribution in [2.24, 2.45) is 0 Å². The second kappa shape index (κ2) is 7.55. The molecule has 1 atom stereocenters. The van der Waals surface area contributed by atoms with Crippen LogP contribution < -0.4 is 20.1 Å². The Morgan fingerprint density at radius 2 is 2.04 bits per heavy atom. The van der Waals surface area contributed by atoms with Gasteiger partial charge in [-0.3, -0.25) is 9.59 Å². The van der Waals surface area contributed by atoms with Gasteiger partial charge >= 0.3 is 0 Å². The minimum atomic E-state index is -0.412. The van der Waals surface area contributed by atoms with Crippen molar-refractivity contribution >= 4 is 11.8 Å². The van der Waals surface area contributed by atoms with Gasteiger partial charge in [-0.2, -0.15) is 0 Å². The Morgan fingerprint density at radius 3 is 2.71 bits per heavy atom. The van der Waals surface area contributed by atoms with Gasteiger partial charge in [0.2, 0.25) is 11.8 Å². The first-order chi connectivity index (χ1) is 11.7. The van der Waals surface area contributed by atoms with Crippen LogP contribution in [0.4, 0.5) is 0 Å². The topological polar surface area (TPSA) is 76.7 Å². The lowest BCUT2D eigenvalue weighted by molar-refractivity contribution is -0.125. The van der Waals surface area contributed by atoms with Crippen molar-refractivity contribution in [1.29, 1.82) is 0 Å². The molecule has 24 heavy (non-hydrogen) atoms. The number of rotatable bonds is 6. The summed E-state index contributed by atoms with van der Waals surface area (Å²) in [6, 6.07) is 5.28. The Kier molecular flexibility index (Phi) is 5.23. The zero-order valence-electron chi connectivity index (χ0n) is 14.0. The third kappa shape index (κ3) is 3.99. The van der Waals surface area contributed by atoms with Crippen molar-refractivity contribution in [2.75, 3.05) is 7.11 Å². The molecule has 2 fully saturated rings. The summed E-state index contributed by atoms with van der Waals surface area (Å²) in [6.07, 6.45) is 5.78. The minimum Gasteiger partial charge on any atom is -0.493 e. The Bertz CT molecular complexity index is 611. The van der Waals surface area contributed by atoms with Crippen molar-refractivity contribution < 1.29 is 19.1 Å². The van der Waals surface area contributed by atoms with E-state index < -0.39 is 6.04 Å². The highest BCUT2D eigenvalue weighted by Gasteiger charge is 2.26. The molecule has 2 aliphatic rings. The van der Waals surface area contributed by atoms with Gasteiger partial charge in [-0.15, -0.1) is 0 Å². The zero-order valence-corrected chi connectivity index (χ0v) is 14.0. The van der Waals surface area contributed by atoms with E-state index in [0.29, 0.717) is 25.1 Å². The normalized spacial score (nSPS) is 20.7. The van der Waals surface area contributed by atoms with Crippen LogP contribution in [0.15, 0.2) is 18.2 Å². The first-order valence-corrected chi connectivity index (χ1v) is 8.56. The molecule has 0 radical (unpaired) electrons. The Balaban J connectivity index is 1.60. The molecular formula is C18H24N2O4. The number of hydrogen-bond acceptors (Lipinski definition) is 4.